The van der Waals surface area contributed by atoms with Crippen molar-refractivity contribution in [1.29, 1.82) is 0 Å². The van der Waals surface area contributed by atoms with Crippen LogP contribution in [0.4, 0.5) is 0 Å². The molecule has 3 heteroatoms. The van der Waals surface area contributed by atoms with Crippen molar-refractivity contribution in [2.45, 2.75) is 26.6 Å². The molecule has 0 saturated carbocycles. The highest BCUT2D eigenvalue weighted by molar-refractivity contribution is 7.10. The zero-order chi connectivity index (χ0) is 13.7. The van der Waals surface area contributed by atoms with Crippen molar-refractivity contribution in [3.05, 3.63) is 57.3 Å². The van der Waals surface area contributed by atoms with E-state index in [1.54, 1.807) is 0 Å². The molecule has 2 nitrogen and oxygen atoms in total. The molecule has 0 unspecified atom stereocenters. The first-order valence-corrected chi connectivity index (χ1v) is 7.50. The summed E-state index contributed by atoms with van der Waals surface area (Å²) in [7, 11) is 4.22. The molecule has 2 rings (SSSR count). The van der Waals surface area contributed by atoms with E-state index < -0.39 is 0 Å². The Kier molecular flexibility index (Phi) is 5.14. The maximum Gasteiger partial charge on any atom is 0.0305 e. The van der Waals surface area contributed by atoms with Gasteiger partial charge in [0.25, 0.3) is 0 Å². The standard InChI is InChI=1S/C16H22N2S/c1-13-8-9-19-16(13)11-17-10-14-6-4-5-7-15(14)12-18(2)3/h4-9,17H,10-12H2,1-3H3. The molecule has 0 bridgehead atoms. The lowest BCUT2D eigenvalue weighted by molar-refractivity contribution is 0.400. The predicted octanol–water partition coefficient (Wildman–Crippen LogP) is 3.41. The van der Waals surface area contributed by atoms with Crippen LogP contribution in [0.15, 0.2) is 35.7 Å². The van der Waals surface area contributed by atoms with Gasteiger partial charge in [0.1, 0.15) is 0 Å². The molecule has 0 aliphatic carbocycles. The van der Waals surface area contributed by atoms with Gasteiger partial charge >= 0.3 is 0 Å². The van der Waals surface area contributed by atoms with Crippen molar-refractivity contribution >= 4 is 11.3 Å². The van der Waals surface area contributed by atoms with E-state index in [1.165, 1.54) is 21.6 Å². The molecule has 1 aromatic heterocycles. The topological polar surface area (TPSA) is 15.3 Å². The van der Waals surface area contributed by atoms with Crippen molar-refractivity contribution in [3.63, 3.8) is 0 Å². The first kappa shape index (κ1) is 14.3. The molecular formula is C16H22N2S. The predicted molar refractivity (Wildman–Crippen MR) is 83.4 cm³/mol. The quantitative estimate of drug-likeness (QED) is 0.868. The Balaban J connectivity index is 1.94. The van der Waals surface area contributed by atoms with Gasteiger partial charge in [0, 0.05) is 24.5 Å². The zero-order valence-corrected chi connectivity index (χ0v) is 12.8. The van der Waals surface area contributed by atoms with Gasteiger partial charge in [0.15, 0.2) is 0 Å². The van der Waals surface area contributed by atoms with E-state index in [1.807, 2.05) is 11.3 Å². The molecule has 0 atom stereocenters. The lowest BCUT2D eigenvalue weighted by atomic mass is 10.1. The summed E-state index contributed by atoms with van der Waals surface area (Å²) < 4.78 is 0. The molecule has 1 heterocycles. The minimum Gasteiger partial charge on any atom is -0.308 e. The van der Waals surface area contributed by atoms with Crippen molar-refractivity contribution in [2.24, 2.45) is 0 Å². The number of rotatable bonds is 6. The van der Waals surface area contributed by atoms with Crippen LogP contribution in [0.5, 0.6) is 0 Å². The third kappa shape index (κ3) is 4.16. The summed E-state index contributed by atoms with van der Waals surface area (Å²) in [4.78, 5) is 3.65. The van der Waals surface area contributed by atoms with Crippen molar-refractivity contribution in [3.8, 4) is 0 Å². The SMILES string of the molecule is Cc1ccsc1CNCc1ccccc1CN(C)C. The van der Waals surface area contributed by atoms with Crippen LogP contribution < -0.4 is 5.32 Å². The number of nitrogens with one attached hydrogen (secondary N) is 1. The number of hydrogen-bond donors (Lipinski definition) is 1. The minimum absolute atomic E-state index is 0.932. The average molecular weight is 274 g/mol. The lowest BCUT2D eigenvalue weighted by Crippen LogP contribution is -2.17. The second-order valence-electron chi connectivity index (χ2n) is 5.14. The van der Waals surface area contributed by atoms with E-state index in [2.05, 4.69) is 66.9 Å². The third-order valence-corrected chi connectivity index (χ3v) is 4.20. The van der Waals surface area contributed by atoms with Gasteiger partial charge in [-0.2, -0.15) is 0 Å². The van der Waals surface area contributed by atoms with Gasteiger partial charge in [0.2, 0.25) is 0 Å². The van der Waals surface area contributed by atoms with Crippen LogP contribution in [0.25, 0.3) is 0 Å². The van der Waals surface area contributed by atoms with E-state index >= 15 is 0 Å². The van der Waals surface area contributed by atoms with Crippen LogP contribution in [0.2, 0.25) is 0 Å². The average Bonchev–Trinajstić information content (AvgIpc) is 2.77. The monoisotopic (exact) mass is 274 g/mol. The summed E-state index contributed by atoms with van der Waals surface area (Å²) in [5.41, 5.74) is 4.19. The van der Waals surface area contributed by atoms with Crippen molar-refractivity contribution < 1.29 is 0 Å². The van der Waals surface area contributed by atoms with Crippen molar-refractivity contribution in [2.75, 3.05) is 14.1 Å². The molecule has 0 aliphatic rings. The highest BCUT2D eigenvalue weighted by Gasteiger charge is 2.04. The molecule has 1 N–H and O–H groups in total. The maximum absolute atomic E-state index is 3.55. The highest BCUT2D eigenvalue weighted by atomic mass is 32.1. The van der Waals surface area contributed by atoms with Gasteiger partial charge in [-0.1, -0.05) is 24.3 Å². The second-order valence-corrected chi connectivity index (χ2v) is 6.14. The number of benzene rings is 1. The highest BCUT2D eigenvalue weighted by Crippen LogP contribution is 2.16. The molecule has 19 heavy (non-hydrogen) atoms. The third-order valence-electron chi connectivity index (χ3n) is 3.17. The molecule has 0 spiro atoms. The Morgan fingerprint density at radius 2 is 1.79 bits per heavy atom. The molecule has 0 fully saturated rings. The molecule has 0 aliphatic heterocycles. The molecular weight excluding hydrogens is 252 g/mol. The van der Waals surface area contributed by atoms with Crippen LogP contribution in [-0.2, 0) is 19.6 Å². The fraction of sp³-hybridized carbons (Fsp3) is 0.375. The summed E-state index contributed by atoms with van der Waals surface area (Å²) in [5.74, 6) is 0. The van der Waals surface area contributed by atoms with Gasteiger partial charge < -0.3 is 10.2 Å². The summed E-state index contributed by atoms with van der Waals surface area (Å²) in [5, 5.41) is 5.71. The Hall–Kier alpha value is -1.16. The van der Waals surface area contributed by atoms with Gasteiger partial charge in [0.05, 0.1) is 0 Å². The van der Waals surface area contributed by atoms with Gasteiger partial charge in [-0.15, -0.1) is 11.3 Å². The minimum atomic E-state index is 0.932. The summed E-state index contributed by atoms with van der Waals surface area (Å²) in [6.07, 6.45) is 0. The molecule has 0 saturated heterocycles. The van der Waals surface area contributed by atoms with Crippen LogP contribution in [-0.4, -0.2) is 19.0 Å². The first-order valence-electron chi connectivity index (χ1n) is 6.62. The zero-order valence-electron chi connectivity index (χ0n) is 11.9. The Morgan fingerprint density at radius 1 is 1.05 bits per heavy atom. The normalized spacial score (nSPS) is 11.2. The van der Waals surface area contributed by atoms with Crippen LogP contribution >= 0.6 is 11.3 Å². The van der Waals surface area contributed by atoms with Gasteiger partial charge in [-0.25, -0.2) is 0 Å². The van der Waals surface area contributed by atoms with E-state index in [4.69, 9.17) is 0 Å². The molecule has 0 radical (unpaired) electrons. The van der Waals surface area contributed by atoms with E-state index in [0.29, 0.717) is 0 Å². The Labute approximate surface area is 120 Å². The number of thiophene rings is 1. The summed E-state index contributed by atoms with van der Waals surface area (Å²) in [6.45, 7) is 5.06. The van der Waals surface area contributed by atoms with Gasteiger partial charge in [-0.3, -0.25) is 0 Å². The Morgan fingerprint density at radius 3 is 2.42 bits per heavy atom. The molecule has 102 valence electrons. The van der Waals surface area contributed by atoms with Crippen LogP contribution in [0.3, 0.4) is 0 Å². The smallest absolute Gasteiger partial charge is 0.0305 e. The van der Waals surface area contributed by atoms with Crippen LogP contribution in [0.1, 0.15) is 21.6 Å². The second kappa shape index (κ2) is 6.85. The fourth-order valence-corrected chi connectivity index (χ4v) is 3.00. The van der Waals surface area contributed by atoms with Gasteiger partial charge in [-0.05, 0) is 49.2 Å². The maximum atomic E-state index is 3.55. The molecule has 0 amide bonds. The number of aryl methyl sites for hydroxylation is 1. The number of nitrogens with zero attached hydrogens (tertiary/aromatic N) is 1. The molecule has 2 aromatic rings. The fourth-order valence-electron chi connectivity index (χ4n) is 2.12. The first-order chi connectivity index (χ1) is 9.16. The largest absolute Gasteiger partial charge is 0.308 e. The summed E-state index contributed by atoms with van der Waals surface area (Å²) in [6, 6.07) is 10.8. The molecule has 1 aromatic carbocycles. The van der Waals surface area contributed by atoms with E-state index in [0.717, 1.165) is 19.6 Å². The number of hydrogen-bond acceptors (Lipinski definition) is 3. The van der Waals surface area contributed by atoms with E-state index in [-0.39, 0.29) is 0 Å². The summed E-state index contributed by atoms with van der Waals surface area (Å²) >= 11 is 1.83. The van der Waals surface area contributed by atoms with Crippen molar-refractivity contribution in [1.82, 2.24) is 10.2 Å². The van der Waals surface area contributed by atoms with Crippen LogP contribution in [0, 0.1) is 6.92 Å². The Bertz CT molecular complexity index is 517. The van der Waals surface area contributed by atoms with E-state index in [9.17, 15) is 0 Å². The lowest BCUT2D eigenvalue weighted by Gasteiger charge is -2.14.